The van der Waals surface area contributed by atoms with Gasteiger partial charge in [0.15, 0.2) is 5.82 Å². The second-order valence-electron chi connectivity index (χ2n) is 5.82. The van der Waals surface area contributed by atoms with Crippen molar-refractivity contribution in [3.8, 4) is 0 Å². The van der Waals surface area contributed by atoms with Crippen LogP contribution in [0.4, 0.5) is 5.82 Å². The number of rotatable bonds is 4. The zero-order valence-corrected chi connectivity index (χ0v) is 11.8. The lowest BCUT2D eigenvalue weighted by atomic mass is 10.0. The summed E-state index contributed by atoms with van der Waals surface area (Å²) >= 11 is 0. The molecule has 0 spiro atoms. The first-order valence-corrected chi connectivity index (χ1v) is 6.21. The Bertz CT molecular complexity index is 456. The number of aliphatic hydroxyl groups excluding tert-OH is 1. The predicted molar refractivity (Wildman–Crippen MR) is 72.9 cm³/mol. The Morgan fingerprint density at radius 3 is 2.44 bits per heavy atom. The van der Waals surface area contributed by atoms with Crippen LogP contribution in [0, 0.1) is 0 Å². The maximum Gasteiger partial charge on any atom is 0.293 e. The van der Waals surface area contributed by atoms with E-state index in [2.05, 4.69) is 10.3 Å². The first-order chi connectivity index (χ1) is 8.23. The minimum absolute atomic E-state index is 0.0466. The number of hydrogen-bond acceptors (Lipinski definition) is 4. The Morgan fingerprint density at radius 2 is 2.00 bits per heavy atom. The van der Waals surface area contributed by atoms with Gasteiger partial charge in [-0.15, -0.1) is 0 Å². The van der Waals surface area contributed by atoms with Crippen LogP contribution in [-0.4, -0.2) is 26.8 Å². The molecule has 0 aromatic carbocycles. The molecule has 1 aromatic rings. The summed E-state index contributed by atoms with van der Waals surface area (Å²) in [5.41, 5.74) is -0.986. The van der Waals surface area contributed by atoms with Crippen LogP contribution in [0.15, 0.2) is 17.2 Å². The normalized spacial score (nSPS) is 15.2. The van der Waals surface area contributed by atoms with Crippen LogP contribution < -0.4 is 10.9 Å². The van der Waals surface area contributed by atoms with Crippen molar-refractivity contribution in [1.29, 1.82) is 0 Å². The number of aliphatic hydroxyl groups is 1. The van der Waals surface area contributed by atoms with Crippen molar-refractivity contribution in [2.45, 2.75) is 52.1 Å². The molecule has 0 aliphatic carbocycles. The van der Waals surface area contributed by atoms with Crippen molar-refractivity contribution in [3.05, 3.63) is 22.7 Å². The Balaban J connectivity index is 3.17. The first kappa shape index (κ1) is 14.7. The molecule has 1 rings (SSSR count). The number of hydrogen-bond donors (Lipinski definition) is 2. The van der Waals surface area contributed by atoms with E-state index in [1.807, 2.05) is 34.6 Å². The third-order valence-corrected chi connectivity index (χ3v) is 3.11. The lowest BCUT2D eigenvalue weighted by molar-refractivity contribution is 0.218. The molecule has 102 valence electrons. The fourth-order valence-corrected chi connectivity index (χ4v) is 1.55. The van der Waals surface area contributed by atoms with Gasteiger partial charge >= 0.3 is 0 Å². The molecule has 5 heteroatoms. The van der Waals surface area contributed by atoms with E-state index in [4.69, 9.17) is 0 Å². The fraction of sp³-hybridized carbons (Fsp3) is 0.692. The SMILES string of the molecule is CCC(C)(CO)Nc1nccn(C(C)(C)C)c1=O. The highest BCUT2D eigenvalue weighted by Gasteiger charge is 2.24. The van der Waals surface area contributed by atoms with Crippen LogP contribution >= 0.6 is 0 Å². The minimum Gasteiger partial charge on any atom is -0.394 e. The smallest absolute Gasteiger partial charge is 0.293 e. The molecule has 0 amide bonds. The van der Waals surface area contributed by atoms with Gasteiger partial charge in [-0.1, -0.05) is 6.92 Å². The van der Waals surface area contributed by atoms with Gasteiger partial charge in [0.1, 0.15) is 0 Å². The van der Waals surface area contributed by atoms with Crippen LogP contribution in [0.1, 0.15) is 41.0 Å². The molecule has 5 nitrogen and oxygen atoms in total. The van der Waals surface area contributed by atoms with Gasteiger partial charge in [-0.25, -0.2) is 4.98 Å². The van der Waals surface area contributed by atoms with E-state index in [1.54, 1.807) is 17.0 Å². The Hall–Kier alpha value is -1.36. The number of nitrogens with one attached hydrogen (secondary N) is 1. The quantitative estimate of drug-likeness (QED) is 0.854. The summed E-state index contributed by atoms with van der Waals surface area (Å²) in [6.07, 6.45) is 3.98. The largest absolute Gasteiger partial charge is 0.394 e. The highest BCUT2D eigenvalue weighted by Crippen LogP contribution is 2.15. The lowest BCUT2D eigenvalue weighted by Crippen LogP contribution is -2.43. The van der Waals surface area contributed by atoms with Crippen molar-refractivity contribution in [2.75, 3.05) is 11.9 Å². The second kappa shape index (κ2) is 5.10. The Morgan fingerprint density at radius 1 is 1.39 bits per heavy atom. The topological polar surface area (TPSA) is 67.2 Å². The monoisotopic (exact) mass is 253 g/mol. The van der Waals surface area contributed by atoms with E-state index >= 15 is 0 Å². The van der Waals surface area contributed by atoms with E-state index in [0.29, 0.717) is 6.42 Å². The molecule has 0 bridgehead atoms. The van der Waals surface area contributed by atoms with Crippen molar-refractivity contribution in [1.82, 2.24) is 9.55 Å². The summed E-state index contributed by atoms with van der Waals surface area (Å²) in [6, 6.07) is 0. The Kier molecular flexibility index (Phi) is 4.16. The summed E-state index contributed by atoms with van der Waals surface area (Å²) in [5, 5.41) is 12.4. The van der Waals surface area contributed by atoms with Crippen LogP contribution in [0.25, 0.3) is 0 Å². The predicted octanol–water partition coefficient (Wildman–Crippen LogP) is 1.57. The molecule has 0 fully saturated rings. The van der Waals surface area contributed by atoms with Gasteiger partial charge in [-0.05, 0) is 34.1 Å². The van der Waals surface area contributed by atoms with Crippen molar-refractivity contribution >= 4 is 5.82 Å². The average molecular weight is 253 g/mol. The standard InChI is InChI=1S/C13H23N3O2/c1-6-13(5,9-17)15-10-11(18)16(8-7-14-10)12(2,3)4/h7-8,17H,6,9H2,1-5H3,(H,14,15). The van der Waals surface area contributed by atoms with Gasteiger partial charge in [0, 0.05) is 17.9 Å². The zero-order valence-electron chi connectivity index (χ0n) is 11.8. The van der Waals surface area contributed by atoms with Gasteiger partial charge in [0.05, 0.1) is 12.1 Å². The van der Waals surface area contributed by atoms with Gasteiger partial charge in [0.25, 0.3) is 5.56 Å². The fourth-order valence-electron chi connectivity index (χ4n) is 1.55. The molecule has 0 saturated carbocycles. The molecule has 18 heavy (non-hydrogen) atoms. The molecule has 1 aromatic heterocycles. The summed E-state index contributed by atoms with van der Waals surface area (Å²) in [4.78, 5) is 16.4. The van der Waals surface area contributed by atoms with Crippen molar-refractivity contribution < 1.29 is 5.11 Å². The van der Waals surface area contributed by atoms with Crippen LogP contribution in [-0.2, 0) is 5.54 Å². The summed E-state index contributed by atoms with van der Waals surface area (Å²) in [5.74, 6) is 0.283. The number of nitrogens with zero attached hydrogens (tertiary/aromatic N) is 2. The minimum atomic E-state index is -0.525. The van der Waals surface area contributed by atoms with Gasteiger partial charge in [-0.2, -0.15) is 0 Å². The highest BCUT2D eigenvalue weighted by atomic mass is 16.3. The molecule has 0 aliphatic heterocycles. The number of anilines is 1. The van der Waals surface area contributed by atoms with E-state index in [1.165, 1.54) is 0 Å². The van der Waals surface area contributed by atoms with E-state index in [-0.39, 0.29) is 23.5 Å². The summed E-state index contributed by atoms with van der Waals surface area (Å²) in [6.45, 7) is 9.65. The molecular weight excluding hydrogens is 230 g/mol. The molecule has 0 aliphatic rings. The molecule has 0 saturated heterocycles. The third-order valence-electron chi connectivity index (χ3n) is 3.11. The summed E-state index contributed by atoms with van der Waals surface area (Å²) in [7, 11) is 0. The molecule has 0 radical (unpaired) electrons. The lowest BCUT2D eigenvalue weighted by Gasteiger charge is -2.29. The molecule has 1 unspecified atom stereocenters. The molecule has 1 heterocycles. The summed E-state index contributed by atoms with van der Waals surface area (Å²) < 4.78 is 1.63. The van der Waals surface area contributed by atoms with E-state index < -0.39 is 5.54 Å². The van der Waals surface area contributed by atoms with Crippen molar-refractivity contribution in [3.63, 3.8) is 0 Å². The average Bonchev–Trinajstić information content (AvgIpc) is 2.30. The number of aromatic nitrogens is 2. The molecular formula is C13H23N3O2. The zero-order chi connectivity index (χ0) is 14.0. The van der Waals surface area contributed by atoms with Gasteiger partial charge < -0.3 is 15.0 Å². The third kappa shape index (κ3) is 3.10. The maximum atomic E-state index is 12.3. The Labute approximate surface area is 108 Å². The van der Waals surface area contributed by atoms with Crippen LogP contribution in [0.2, 0.25) is 0 Å². The first-order valence-electron chi connectivity index (χ1n) is 6.21. The molecule has 2 N–H and O–H groups in total. The second-order valence-corrected chi connectivity index (χ2v) is 5.82. The van der Waals surface area contributed by atoms with Crippen molar-refractivity contribution in [2.24, 2.45) is 0 Å². The van der Waals surface area contributed by atoms with E-state index in [0.717, 1.165) is 0 Å². The van der Waals surface area contributed by atoms with E-state index in [9.17, 15) is 9.90 Å². The highest BCUT2D eigenvalue weighted by molar-refractivity contribution is 5.35. The van der Waals surface area contributed by atoms with Crippen LogP contribution in [0.5, 0.6) is 0 Å². The maximum absolute atomic E-state index is 12.3. The van der Waals surface area contributed by atoms with Crippen LogP contribution in [0.3, 0.4) is 0 Å². The molecule has 1 atom stereocenters. The van der Waals surface area contributed by atoms with Gasteiger partial charge in [-0.3, -0.25) is 4.79 Å². The van der Waals surface area contributed by atoms with Gasteiger partial charge in [0.2, 0.25) is 0 Å².